The van der Waals surface area contributed by atoms with Crippen LogP contribution in [0.15, 0.2) is 12.2 Å². The normalized spacial score (nSPS) is 11.1. The highest BCUT2D eigenvalue weighted by molar-refractivity contribution is 5.87. The second-order valence-electron chi connectivity index (χ2n) is 3.49. The lowest BCUT2D eigenvalue weighted by Crippen LogP contribution is -2.41. The largest absolute Gasteiger partial charge is 0.451 e. The van der Waals surface area contributed by atoms with Crippen LogP contribution in [0.1, 0.15) is 13.8 Å². The first-order valence-electron chi connectivity index (χ1n) is 4.32. The third-order valence-corrected chi connectivity index (χ3v) is 1.59. The summed E-state index contributed by atoms with van der Waals surface area (Å²) in [7, 11) is 3.09. The van der Waals surface area contributed by atoms with Gasteiger partial charge in [-0.3, -0.25) is 0 Å². The number of methoxy groups -OCH3 is 2. The Bertz CT molecular complexity index is 204. The van der Waals surface area contributed by atoms with Gasteiger partial charge in [0.05, 0.1) is 13.2 Å². The highest BCUT2D eigenvalue weighted by Crippen LogP contribution is 2.13. The minimum atomic E-state index is -0.750. The summed E-state index contributed by atoms with van der Waals surface area (Å²) in [5.74, 6) is -0.429. The summed E-state index contributed by atoms with van der Waals surface area (Å²) in [5.41, 5.74) is -0.386. The van der Waals surface area contributed by atoms with Crippen LogP contribution in [0.3, 0.4) is 0 Å². The maximum absolute atomic E-state index is 11.3. The summed E-state index contributed by atoms with van der Waals surface area (Å²) < 4.78 is 15.1. The number of carbonyl (C=O) groups excluding carboxylic acids is 1. The van der Waals surface area contributed by atoms with Crippen molar-refractivity contribution in [3.05, 3.63) is 12.2 Å². The van der Waals surface area contributed by atoms with Crippen LogP contribution < -0.4 is 0 Å². The Morgan fingerprint density at radius 2 is 1.71 bits per heavy atom. The average Bonchev–Trinajstić information content (AvgIpc) is 2.04. The molecule has 82 valence electrons. The quantitative estimate of drug-likeness (QED) is 0.479. The molecule has 0 aliphatic carbocycles. The van der Waals surface area contributed by atoms with Crippen LogP contribution in [-0.4, -0.2) is 39.0 Å². The first kappa shape index (κ1) is 13.1. The van der Waals surface area contributed by atoms with Gasteiger partial charge in [-0.2, -0.15) is 0 Å². The Labute approximate surface area is 84.8 Å². The lowest BCUT2D eigenvalue weighted by molar-refractivity contribution is -0.164. The third kappa shape index (κ3) is 4.39. The van der Waals surface area contributed by atoms with E-state index in [0.717, 1.165) is 0 Å². The maximum Gasteiger partial charge on any atom is 0.333 e. The molecule has 0 aromatic heterocycles. The van der Waals surface area contributed by atoms with Gasteiger partial charge in [0, 0.05) is 19.8 Å². The molecule has 4 heteroatoms. The maximum atomic E-state index is 11.3. The van der Waals surface area contributed by atoms with Crippen LogP contribution in [0.5, 0.6) is 0 Å². The van der Waals surface area contributed by atoms with E-state index in [1.54, 1.807) is 28.1 Å². The van der Waals surface area contributed by atoms with E-state index in [1.807, 2.05) is 0 Å². The molecule has 0 radical (unpaired) electrons. The van der Waals surface area contributed by atoms with Crippen LogP contribution in [-0.2, 0) is 19.0 Å². The zero-order valence-electron chi connectivity index (χ0n) is 9.25. The molecule has 0 aromatic carbocycles. The molecule has 0 aliphatic heterocycles. The Kier molecular flexibility index (Phi) is 5.42. The SMILES string of the molecule is C=C(C)C(=O)OC(C)(COC)COC. The molecular formula is C10H18O4. The van der Waals surface area contributed by atoms with Gasteiger partial charge in [-0.15, -0.1) is 0 Å². The summed E-state index contributed by atoms with van der Waals surface area (Å²) >= 11 is 0. The van der Waals surface area contributed by atoms with Crippen molar-refractivity contribution in [2.75, 3.05) is 27.4 Å². The van der Waals surface area contributed by atoms with E-state index in [9.17, 15) is 4.79 Å². The third-order valence-electron chi connectivity index (χ3n) is 1.59. The van der Waals surface area contributed by atoms with Crippen LogP contribution in [0.4, 0.5) is 0 Å². The van der Waals surface area contributed by atoms with Crippen LogP contribution in [0.25, 0.3) is 0 Å². The molecule has 0 saturated heterocycles. The molecule has 0 amide bonds. The number of esters is 1. The van der Waals surface area contributed by atoms with E-state index in [-0.39, 0.29) is 0 Å². The van der Waals surface area contributed by atoms with Crippen molar-refractivity contribution < 1.29 is 19.0 Å². The molecule has 0 rings (SSSR count). The Balaban J connectivity index is 4.35. The van der Waals surface area contributed by atoms with Gasteiger partial charge in [0.2, 0.25) is 0 Å². The predicted molar refractivity (Wildman–Crippen MR) is 53.1 cm³/mol. The first-order chi connectivity index (χ1) is 6.45. The fraction of sp³-hybridized carbons (Fsp3) is 0.700. The highest BCUT2D eigenvalue weighted by Gasteiger charge is 2.29. The van der Waals surface area contributed by atoms with Gasteiger partial charge in [-0.1, -0.05) is 6.58 Å². The second-order valence-corrected chi connectivity index (χ2v) is 3.49. The van der Waals surface area contributed by atoms with E-state index in [2.05, 4.69) is 6.58 Å². The Hall–Kier alpha value is -0.870. The molecule has 0 saturated carbocycles. The van der Waals surface area contributed by atoms with Gasteiger partial charge >= 0.3 is 5.97 Å². The topological polar surface area (TPSA) is 44.8 Å². The summed E-state index contributed by atoms with van der Waals surface area (Å²) in [6.07, 6.45) is 0. The van der Waals surface area contributed by atoms with Gasteiger partial charge in [0.1, 0.15) is 0 Å². The van der Waals surface area contributed by atoms with Crippen molar-refractivity contribution in [3.8, 4) is 0 Å². The van der Waals surface area contributed by atoms with E-state index in [0.29, 0.717) is 18.8 Å². The minimum absolute atomic E-state index is 0.292. The van der Waals surface area contributed by atoms with Gasteiger partial charge in [-0.25, -0.2) is 4.79 Å². The monoisotopic (exact) mass is 202 g/mol. The lowest BCUT2D eigenvalue weighted by atomic mass is 10.1. The lowest BCUT2D eigenvalue weighted by Gasteiger charge is -2.27. The Morgan fingerprint density at radius 1 is 1.29 bits per heavy atom. The van der Waals surface area contributed by atoms with Crippen molar-refractivity contribution >= 4 is 5.97 Å². The predicted octanol–water partition coefficient (Wildman–Crippen LogP) is 1.16. The fourth-order valence-corrected chi connectivity index (χ4v) is 1.02. The van der Waals surface area contributed by atoms with Crippen LogP contribution in [0.2, 0.25) is 0 Å². The number of hydrogen-bond donors (Lipinski definition) is 0. The molecular weight excluding hydrogens is 184 g/mol. The zero-order chi connectivity index (χ0) is 11.2. The summed E-state index contributed by atoms with van der Waals surface area (Å²) in [6.45, 7) is 7.44. The van der Waals surface area contributed by atoms with Crippen molar-refractivity contribution in [1.29, 1.82) is 0 Å². The van der Waals surface area contributed by atoms with Gasteiger partial charge in [-0.05, 0) is 13.8 Å². The van der Waals surface area contributed by atoms with Gasteiger partial charge in [0.25, 0.3) is 0 Å². The van der Waals surface area contributed by atoms with Crippen molar-refractivity contribution in [3.63, 3.8) is 0 Å². The number of hydrogen-bond acceptors (Lipinski definition) is 4. The fourth-order valence-electron chi connectivity index (χ4n) is 1.02. The standard InChI is InChI=1S/C10H18O4/c1-8(2)9(11)14-10(3,6-12-4)7-13-5/h1,6-7H2,2-5H3. The second kappa shape index (κ2) is 5.78. The molecule has 4 nitrogen and oxygen atoms in total. The minimum Gasteiger partial charge on any atom is -0.451 e. The van der Waals surface area contributed by atoms with E-state index >= 15 is 0 Å². The average molecular weight is 202 g/mol. The molecule has 0 bridgehead atoms. The van der Waals surface area contributed by atoms with Crippen molar-refractivity contribution in [2.24, 2.45) is 0 Å². The van der Waals surface area contributed by atoms with Crippen LogP contribution >= 0.6 is 0 Å². The van der Waals surface area contributed by atoms with E-state index < -0.39 is 11.6 Å². The molecule has 0 heterocycles. The number of rotatable bonds is 6. The molecule has 0 fully saturated rings. The summed E-state index contributed by atoms with van der Waals surface area (Å²) in [6, 6.07) is 0. The number of carbonyl (C=O) groups is 1. The zero-order valence-corrected chi connectivity index (χ0v) is 9.25. The molecule has 0 N–H and O–H groups in total. The van der Waals surface area contributed by atoms with E-state index in [1.165, 1.54) is 0 Å². The van der Waals surface area contributed by atoms with E-state index in [4.69, 9.17) is 14.2 Å². The summed E-state index contributed by atoms with van der Waals surface area (Å²) in [4.78, 5) is 11.3. The Morgan fingerprint density at radius 3 is 2.00 bits per heavy atom. The summed E-state index contributed by atoms with van der Waals surface area (Å²) in [5, 5.41) is 0. The first-order valence-corrected chi connectivity index (χ1v) is 4.32. The highest BCUT2D eigenvalue weighted by atomic mass is 16.6. The smallest absolute Gasteiger partial charge is 0.333 e. The van der Waals surface area contributed by atoms with Crippen molar-refractivity contribution in [2.45, 2.75) is 19.4 Å². The molecule has 0 unspecified atom stereocenters. The molecule has 0 spiro atoms. The van der Waals surface area contributed by atoms with Gasteiger partial charge < -0.3 is 14.2 Å². The van der Waals surface area contributed by atoms with Crippen LogP contribution in [0, 0.1) is 0 Å². The molecule has 0 aliphatic rings. The molecule has 14 heavy (non-hydrogen) atoms. The number of ether oxygens (including phenoxy) is 3. The molecule has 0 atom stereocenters. The van der Waals surface area contributed by atoms with Crippen molar-refractivity contribution in [1.82, 2.24) is 0 Å². The molecule has 0 aromatic rings. The van der Waals surface area contributed by atoms with Gasteiger partial charge in [0.15, 0.2) is 5.60 Å².